The normalized spacial score (nSPS) is 17.5. The summed E-state index contributed by atoms with van der Waals surface area (Å²) >= 11 is 1.42. The molecule has 2 aromatic carbocycles. The lowest BCUT2D eigenvalue weighted by Crippen LogP contribution is -2.46. The molecular weight excluding hydrogens is 228 g/mol. The number of rotatable bonds is 2. The molecule has 1 aliphatic heterocycles. The maximum absolute atomic E-state index is 12.1. The highest BCUT2D eigenvalue weighted by Gasteiger charge is 2.49. The summed E-state index contributed by atoms with van der Waals surface area (Å²) in [6.45, 7) is 0. The van der Waals surface area contributed by atoms with Crippen molar-refractivity contribution in [2.45, 2.75) is 5.41 Å². The molecule has 0 saturated carbocycles. The first-order valence-electron chi connectivity index (χ1n) is 5.62. The van der Waals surface area contributed by atoms with Gasteiger partial charge in [0.25, 0.3) is 0 Å². The Morgan fingerprint density at radius 2 is 1.29 bits per heavy atom. The van der Waals surface area contributed by atoms with Crippen molar-refractivity contribution < 1.29 is 4.79 Å². The van der Waals surface area contributed by atoms with Crippen molar-refractivity contribution in [3.63, 3.8) is 0 Å². The van der Waals surface area contributed by atoms with Crippen molar-refractivity contribution in [3.8, 4) is 0 Å². The lowest BCUT2D eigenvalue weighted by atomic mass is 9.76. The van der Waals surface area contributed by atoms with Gasteiger partial charge < -0.3 is 0 Å². The average Bonchev–Trinajstić information content (AvgIpc) is 2.40. The van der Waals surface area contributed by atoms with E-state index in [9.17, 15) is 4.79 Å². The SMILES string of the molecule is O=C1SCC1(c1ccccc1)c1ccccc1. The summed E-state index contributed by atoms with van der Waals surface area (Å²) < 4.78 is 0. The van der Waals surface area contributed by atoms with Gasteiger partial charge in [-0.25, -0.2) is 0 Å². The highest BCUT2D eigenvalue weighted by Crippen LogP contribution is 2.47. The van der Waals surface area contributed by atoms with Crippen molar-refractivity contribution >= 4 is 16.9 Å². The molecule has 1 heterocycles. The average molecular weight is 240 g/mol. The predicted molar refractivity (Wildman–Crippen MR) is 71.1 cm³/mol. The number of carbonyl (C=O) groups is 1. The van der Waals surface area contributed by atoms with Gasteiger partial charge in [-0.2, -0.15) is 0 Å². The molecule has 0 unspecified atom stereocenters. The third-order valence-corrected chi connectivity index (χ3v) is 4.49. The molecule has 1 saturated heterocycles. The van der Waals surface area contributed by atoms with E-state index in [1.807, 2.05) is 60.7 Å². The third-order valence-electron chi connectivity index (χ3n) is 3.30. The van der Waals surface area contributed by atoms with Crippen LogP contribution in [-0.4, -0.2) is 10.9 Å². The molecule has 0 aliphatic carbocycles. The highest BCUT2D eigenvalue weighted by atomic mass is 32.2. The fourth-order valence-electron chi connectivity index (χ4n) is 2.29. The van der Waals surface area contributed by atoms with Gasteiger partial charge in [0.1, 0.15) is 0 Å². The van der Waals surface area contributed by atoms with E-state index in [1.54, 1.807) is 0 Å². The zero-order chi connectivity index (χ0) is 11.7. The minimum absolute atomic E-state index is 0.259. The minimum atomic E-state index is -0.410. The molecule has 1 nitrogen and oxygen atoms in total. The van der Waals surface area contributed by atoms with Gasteiger partial charge in [0.15, 0.2) is 0 Å². The van der Waals surface area contributed by atoms with E-state index < -0.39 is 5.41 Å². The van der Waals surface area contributed by atoms with Crippen LogP contribution in [0.3, 0.4) is 0 Å². The quantitative estimate of drug-likeness (QED) is 0.801. The van der Waals surface area contributed by atoms with E-state index in [1.165, 1.54) is 11.8 Å². The molecule has 84 valence electrons. The van der Waals surface area contributed by atoms with Gasteiger partial charge in [0.2, 0.25) is 5.12 Å². The van der Waals surface area contributed by atoms with Crippen LogP contribution in [0.2, 0.25) is 0 Å². The van der Waals surface area contributed by atoms with E-state index in [0.29, 0.717) is 0 Å². The van der Waals surface area contributed by atoms with Gasteiger partial charge in [-0.3, -0.25) is 4.79 Å². The second-order valence-corrected chi connectivity index (χ2v) is 5.16. The number of hydrogen-bond acceptors (Lipinski definition) is 2. The Bertz CT molecular complexity index is 494. The van der Waals surface area contributed by atoms with Gasteiger partial charge in [-0.1, -0.05) is 72.4 Å². The first-order valence-corrected chi connectivity index (χ1v) is 6.61. The number of benzene rings is 2. The maximum Gasteiger partial charge on any atom is 0.204 e. The number of carbonyl (C=O) groups excluding carboxylic acids is 1. The molecule has 0 bridgehead atoms. The van der Waals surface area contributed by atoms with Crippen LogP contribution in [0.1, 0.15) is 11.1 Å². The smallest absolute Gasteiger partial charge is 0.204 e. The van der Waals surface area contributed by atoms with Crippen molar-refractivity contribution in [1.29, 1.82) is 0 Å². The summed E-state index contributed by atoms with van der Waals surface area (Å²) in [5.41, 5.74) is 1.80. The van der Waals surface area contributed by atoms with Gasteiger partial charge in [0.05, 0.1) is 5.41 Å². The fourth-order valence-corrected chi connectivity index (χ4v) is 3.41. The summed E-state index contributed by atoms with van der Waals surface area (Å²) in [6.07, 6.45) is 0. The topological polar surface area (TPSA) is 17.1 Å². The Morgan fingerprint density at radius 1 is 0.824 bits per heavy atom. The molecule has 0 atom stereocenters. The van der Waals surface area contributed by atoms with Crippen LogP contribution in [0.25, 0.3) is 0 Å². The molecule has 3 rings (SSSR count). The molecule has 17 heavy (non-hydrogen) atoms. The molecule has 0 spiro atoms. The zero-order valence-corrected chi connectivity index (χ0v) is 10.1. The highest BCUT2D eigenvalue weighted by molar-refractivity contribution is 8.16. The largest absolute Gasteiger partial charge is 0.286 e. The molecule has 1 fully saturated rings. The number of thioether (sulfide) groups is 1. The van der Waals surface area contributed by atoms with Crippen molar-refractivity contribution in [3.05, 3.63) is 71.8 Å². The molecule has 0 N–H and O–H groups in total. The third kappa shape index (κ3) is 1.52. The standard InChI is InChI=1S/C15H12OS/c16-14-15(11-17-14,12-7-3-1-4-8-12)13-9-5-2-6-10-13/h1-10H,11H2. The first kappa shape index (κ1) is 10.6. The van der Waals surface area contributed by atoms with Crippen LogP contribution in [-0.2, 0) is 10.2 Å². The minimum Gasteiger partial charge on any atom is -0.286 e. The molecular formula is C15H12OS. The lowest BCUT2D eigenvalue weighted by Gasteiger charge is -2.40. The zero-order valence-electron chi connectivity index (χ0n) is 9.30. The van der Waals surface area contributed by atoms with Crippen LogP contribution >= 0.6 is 11.8 Å². The van der Waals surface area contributed by atoms with Crippen molar-refractivity contribution in [2.75, 3.05) is 5.75 Å². The second-order valence-electron chi connectivity index (χ2n) is 4.21. The van der Waals surface area contributed by atoms with Crippen LogP contribution in [0.4, 0.5) is 0 Å². The summed E-state index contributed by atoms with van der Waals surface area (Å²) in [4.78, 5) is 12.1. The Kier molecular flexibility index (Phi) is 2.52. The van der Waals surface area contributed by atoms with Gasteiger partial charge >= 0.3 is 0 Å². The molecule has 1 aliphatic rings. The Labute approximate surface area is 105 Å². The van der Waals surface area contributed by atoms with E-state index in [0.717, 1.165) is 16.9 Å². The van der Waals surface area contributed by atoms with Gasteiger partial charge in [-0.15, -0.1) is 0 Å². The van der Waals surface area contributed by atoms with E-state index in [-0.39, 0.29) is 5.12 Å². The summed E-state index contributed by atoms with van der Waals surface area (Å²) in [6, 6.07) is 20.1. The molecule has 0 amide bonds. The van der Waals surface area contributed by atoms with Crippen molar-refractivity contribution in [2.24, 2.45) is 0 Å². The van der Waals surface area contributed by atoms with E-state index in [4.69, 9.17) is 0 Å². The van der Waals surface area contributed by atoms with Gasteiger partial charge in [-0.05, 0) is 11.1 Å². The molecule has 0 radical (unpaired) electrons. The van der Waals surface area contributed by atoms with Crippen LogP contribution in [0, 0.1) is 0 Å². The second kappa shape index (κ2) is 4.04. The van der Waals surface area contributed by atoms with E-state index >= 15 is 0 Å². The predicted octanol–water partition coefficient (Wildman–Crippen LogP) is 3.25. The number of hydrogen-bond donors (Lipinski definition) is 0. The maximum atomic E-state index is 12.1. The summed E-state index contributed by atoms with van der Waals surface area (Å²) in [7, 11) is 0. The van der Waals surface area contributed by atoms with Crippen molar-refractivity contribution in [1.82, 2.24) is 0 Å². The molecule has 2 heteroatoms. The molecule has 0 aromatic heterocycles. The molecule has 2 aromatic rings. The van der Waals surface area contributed by atoms with Crippen LogP contribution in [0.5, 0.6) is 0 Å². The van der Waals surface area contributed by atoms with Crippen LogP contribution in [0.15, 0.2) is 60.7 Å². The monoisotopic (exact) mass is 240 g/mol. The fraction of sp³-hybridized carbons (Fsp3) is 0.133. The summed E-state index contributed by atoms with van der Waals surface area (Å²) in [5, 5.41) is 0.259. The Balaban J connectivity index is 2.16. The lowest BCUT2D eigenvalue weighted by molar-refractivity contribution is -0.115. The van der Waals surface area contributed by atoms with E-state index in [2.05, 4.69) is 0 Å². The summed E-state index contributed by atoms with van der Waals surface area (Å²) in [5.74, 6) is 0.847. The Hall–Kier alpha value is -1.54. The van der Waals surface area contributed by atoms with Gasteiger partial charge in [0, 0.05) is 5.75 Å². The van der Waals surface area contributed by atoms with Crippen LogP contribution < -0.4 is 0 Å². The first-order chi connectivity index (χ1) is 8.34. The Morgan fingerprint density at radius 3 is 1.59 bits per heavy atom.